The van der Waals surface area contributed by atoms with Gasteiger partial charge in [0.2, 0.25) is 0 Å². The van der Waals surface area contributed by atoms with Crippen molar-refractivity contribution >= 4 is 80.9 Å². The first-order chi connectivity index (χ1) is 18.9. The number of rotatable bonds is 3. The molecule has 0 saturated heterocycles. The Balaban J connectivity index is 1.53. The van der Waals surface area contributed by atoms with Gasteiger partial charge in [-0.1, -0.05) is 103 Å². The van der Waals surface area contributed by atoms with Gasteiger partial charge in [0.15, 0.2) is 0 Å². The summed E-state index contributed by atoms with van der Waals surface area (Å²) in [6.07, 6.45) is 0. The third-order valence-corrected chi connectivity index (χ3v) is 8.74. The number of anilines is 3. The summed E-state index contributed by atoms with van der Waals surface area (Å²) in [5, 5.41) is 10.3. The van der Waals surface area contributed by atoms with Crippen LogP contribution in [0.4, 0.5) is 17.1 Å². The Kier molecular flexibility index (Phi) is 4.76. The third kappa shape index (κ3) is 3.17. The zero-order valence-corrected chi connectivity index (χ0v) is 21.5. The molecule has 8 rings (SSSR count). The van der Waals surface area contributed by atoms with E-state index in [0.717, 1.165) is 5.69 Å². The number of benzene rings is 7. The molecule has 0 unspecified atom stereocenters. The second-order valence-electron chi connectivity index (χ2n) is 9.75. The van der Waals surface area contributed by atoms with E-state index in [1.807, 2.05) is 11.3 Å². The maximum atomic E-state index is 2.46. The van der Waals surface area contributed by atoms with Crippen molar-refractivity contribution in [1.29, 1.82) is 0 Å². The summed E-state index contributed by atoms with van der Waals surface area (Å²) in [7, 11) is 0. The lowest BCUT2D eigenvalue weighted by Gasteiger charge is -2.28. The van der Waals surface area contributed by atoms with Gasteiger partial charge < -0.3 is 4.90 Å². The maximum absolute atomic E-state index is 2.46. The minimum atomic E-state index is 1.15. The monoisotopic (exact) mass is 501 g/mol. The molecule has 0 amide bonds. The highest BCUT2D eigenvalue weighted by atomic mass is 32.1. The minimum Gasteiger partial charge on any atom is -0.309 e. The molecule has 0 fully saturated rings. The van der Waals surface area contributed by atoms with E-state index in [0.29, 0.717) is 0 Å². The van der Waals surface area contributed by atoms with E-state index < -0.39 is 0 Å². The SMILES string of the molecule is c1ccc(N(c2cc3ccc4ccccc4c3c3ccccc23)c2cccc3sc4ccccc4c23)cc1. The molecule has 0 aliphatic rings. The zero-order valence-electron chi connectivity index (χ0n) is 20.6. The quantitative estimate of drug-likeness (QED) is 0.218. The van der Waals surface area contributed by atoms with Crippen LogP contribution in [-0.2, 0) is 0 Å². The van der Waals surface area contributed by atoms with E-state index >= 15 is 0 Å². The molecule has 38 heavy (non-hydrogen) atoms. The fourth-order valence-electron chi connectivity index (χ4n) is 5.97. The summed E-state index contributed by atoms with van der Waals surface area (Å²) < 4.78 is 2.62. The van der Waals surface area contributed by atoms with Gasteiger partial charge in [-0.05, 0) is 63.3 Å². The molecular formula is C36H23NS. The molecule has 0 atom stereocenters. The molecule has 0 saturated carbocycles. The fourth-order valence-corrected chi connectivity index (χ4v) is 7.10. The van der Waals surface area contributed by atoms with Crippen LogP contribution in [0, 0.1) is 0 Å². The van der Waals surface area contributed by atoms with Crippen LogP contribution < -0.4 is 4.90 Å². The highest BCUT2D eigenvalue weighted by molar-refractivity contribution is 7.26. The largest absolute Gasteiger partial charge is 0.309 e. The topological polar surface area (TPSA) is 3.24 Å². The van der Waals surface area contributed by atoms with Gasteiger partial charge in [0.1, 0.15) is 0 Å². The van der Waals surface area contributed by atoms with Crippen LogP contribution in [0.25, 0.3) is 52.5 Å². The predicted molar refractivity (Wildman–Crippen MR) is 167 cm³/mol. The van der Waals surface area contributed by atoms with E-state index in [2.05, 4.69) is 144 Å². The van der Waals surface area contributed by atoms with Gasteiger partial charge >= 0.3 is 0 Å². The van der Waals surface area contributed by atoms with Gasteiger partial charge in [-0.3, -0.25) is 0 Å². The molecule has 0 spiro atoms. The van der Waals surface area contributed by atoms with Crippen molar-refractivity contribution in [1.82, 2.24) is 0 Å². The van der Waals surface area contributed by atoms with Crippen molar-refractivity contribution < 1.29 is 0 Å². The summed E-state index contributed by atoms with van der Waals surface area (Å²) in [6, 6.07) is 50.7. The molecule has 1 nitrogen and oxygen atoms in total. The number of hydrogen-bond acceptors (Lipinski definition) is 2. The number of nitrogens with zero attached hydrogens (tertiary/aromatic N) is 1. The first kappa shape index (κ1) is 21.4. The Bertz CT molecular complexity index is 2140. The van der Waals surface area contributed by atoms with Crippen LogP contribution in [0.2, 0.25) is 0 Å². The van der Waals surface area contributed by atoms with Crippen molar-refractivity contribution in [2.45, 2.75) is 0 Å². The Morgan fingerprint density at radius 3 is 1.92 bits per heavy atom. The standard InChI is InChI=1S/C36H23NS/c1-2-12-26(13-3-1)37(31-18-10-20-34-36(31)30-17-8-9-19-33(30)38-34)32-23-25-22-21-24-11-4-5-14-27(24)35(25)29-16-7-6-15-28(29)32/h1-23H. The van der Waals surface area contributed by atoms with Crippen molar-refractivity contribution in [2.24, 2.45) is 0 Å². The molecule has 8 aromatic rings. The fraction of sp³-hybridized carbons (Fsp3) is 0. The van der Waals surface area contributed by atoms with E-state index in [-0.39, 0.29) is 0 Å². The Labute approximate surface area is 224 Å². The Morgan fingerprint density at radius 2 is 1.05 bits per heavy atom. The van der Waals surface area contributed by atoms with Crippen LogP contribution in [0.1, 0.15) is 0 Å². The third-order valence-electron chi connectivity index (χ3n) is 7.60. The number of para-hydroxylation sites is 1. The number of hydrogen-bond donors (Lipinski definition) is 0. The zero-order chi connectivity index (χ0) is 25.1. The molecule has 0 aliphatic carbocycles. The van der Waals surface area contributed by atoms with Crippen molar-refractivity contribution in [2.75, 3.05) is 4.90 Å². The van der Waals surface area contributed by atoms with Gasteiger partial charge in [0, 0.05) is 31.2 Å². The molecule has 0 aliphatic heterocycles. The second-order valence-corrected chi connectivity index (χ2v) is 10.8. The van der Waals surface area contributed by atoms with Crippen LogP contribution in [-0.4, -0.2) is 0 Å². The van der Waals surface area contributed by atoms with Gasteiger partial charge in [-0.25, -0.2) is 0 Å². The summed E-state index contributed by atoms with van der Waals surface area (Å²) in [5.74, 6) is 0. The Morgan fingerprint density at radius 1 is 0.395 bits per heavy atom. The highest BCUT2D eigenvalue weighted by Gasteiger charge is 2.21. The Hall–Kier alpha value is -4.66. The van der Waals surface area contributed by atoms with Gasteiger partial charge in [0.05, 0.1) is 11.4 Å². The lowest BCUT2D eigenvalue weighted by molar-refractivity contribution is 1.32. The predicted octanol–water partition coefficient (Wildman–Crippen LogP) is 11.0. The van der Waals surface area contributed by atoms with E-state index in [1.54, 1.807) is 0 Å². The first-order valence-electron chi connectivity index (χ1n) is 13.0. The van der Waals surface area contributed by atoms with Crippen LogP contribution in [0.15, 0.2) is 140 Å². The van der Waals surface area contributed by atoms with Crippen molar-refractivity contribution in [3.05, 3.63) is 140 Å². The molecule has 1 heterocycles. The average Bonchev–Trinajstić information content (AvgIpc) is 3.37. The van der Waals surface area contributed by atoms with E-state index in [1.165, 1.54) is 63.9 Å². The van der Waals surface area contributed by atoms with Crippen LogP contribution in [0.5, 0.6) is 0 Å². The molecule has 178 valence electrons. The molecule has 0 radical (unpaired) electrons. The summed E-state index contributed by atoms with van der Waals surface area (Å²) >= 11 is 1.86. The van der Waals surface area contributed by atoms with Crippen LogP contribution in [0.3, 0.4) is 0 Å². The molecule has 2 heteroatoms. The van der Waals surface area contributed by atoms with Crippen molar-refractivity contribution in [3.63, 3.8) is 0 Å². The molecule has 7 aromatic carbocycles. The second kappa shape index (κ2) is 8.44. The normalized spacial score (nSPS) is 11.7. The molecule has 0 N–H and O–H groups in total. The summed E-state index contributed by atoms with van der Waals surface area (Å²) in [6.45, 7) is 0. The van der Waals surface area contributed by atoms with E-state index in [4.69, 9.17) is 0 Å². The smallest absolute Gasteiger partial charge is 0.0555 e. The lowest BCUT2D eigenvalue weighted by atomic mass is 9.94. The molecular weight excluding hydrogens is 478 g/mol. The first-order valence-corrected chi connectivity index (χ1v) is 13.8. The number of thiophene rings is 1. The average molecular weight is 502 g/mol. The summed E-state index contributed by atoms with van der Waals surface area (Å²) in [4.78, 5) is 2.46. The van der Waals surface area contributed by atoms with Crippen molar-refractivity contribution in [3.8, 4) is 0 Å². The maximum Gasteiger partial charge on any atom is 0.0555 e. The van der Waals surface area contributed by atoms with Gasteiger partial charge in [-0.2, -0.15) is 0 Å². The molecule has 0 bridgehead atoms. The highest BCUT2D eigenvalue weighted by Crippen LogP contribution is 2.47. The minimum absolute atomic E-state index is 1.15. The number of fused-ring (bicyclic) bond motifs is 8. The molecule has 1 aromatic heterocycles. The van der Waals surface area contributed by atoms with Gasteiger partial charge in [0.25, 0.3) is 0 Å². The van der Waals surface area contributed by atoms with Crippen LogP contribution >= 0.6 is 11.3 Å². The summed E-state index contributed by atoms with van der Waals surface area (Å²) in [5.41, 5.74) is 3.55. The van der Waals surface area contributed by atoms with Gasteiger partial charge in [-0.15, -0.1) is 11.3 Å². The lowest BCUT2D eigenvalue weighted by Crippen LogP contribution is -2.11. The van der Waals surface area contributed by atoms with E-state index in [9.17, 15) is 0 Å².